The molecule has 7 heteroatoms. The first kappa shape index (κ1) is 22.3. The van der Waals surface area contributed by atoms with E-state index in [4.69, 9.17) is 4.74 Å². The van der Waals surface area contributed by atoms with Gasteiger partial charge >= 0.3 is 0 Å². The van der Waals surface area contributed by atoms with E-state index in [1.165, 1.54) is 12.8 Å². The molecule has 0 spiro atoms. The first-order valence-corrected chi connectivity index (χ1v) is 9.45. The maximum Gasteiger partial charge on any atom is 0.193 e. The first-order valence-electron chi connectivity index (χ1n) is 9.45. The molecule has 1 N–H and O–H groups in total. The van der Waals surface area contributed by atoms with E-state index in [0.29, 0.717) is 6.54 Å². The minimum Gasteiger partial charge on any atom is -0.496 e. The van der Waals surface area contributed by atoms with Crippen LogP contribution in [0.25, 0.3) is 0 Å². The Morgan fingerprint density at radius 2 is 1.96 bits per heavy atom. The fourth-order valence-electron chi connectivity index (χ4n) is 3.38. The van der Waals surface area contributed by atoms with Crippen LogP contribution in [0.2, 0.25) is 0 Å². The quantitative estimate of drug-likeness (QED) is 0.378. The number of benzene rings is 1. The number of aromatic nitrogens is 1. The second-order valence-electron chi connectivity index (χ2n) is 6.79. The van der Waals surface area contributed by atoms with Crippen molar-refractivity contribution >= 4 is 35.8 Å². The molecule has 28 heavy (non-hydrogen) atoms. The van der Waals surface area contributed by atoms with Crippen molar-refractivity contribution in [3.05, 3.63) is 53.7 Å². The maximum absolute atomic E-state index is 5.44. The molecule has 1 aliphatic rings. The predicted octanol–water partition coefficient (Wildman–Crippen LogP) is 3.52. The molecule has 0 bridgehead atoms. The lowest BCUT2D eigenvalue weighted by molar-refractivity contribution is 0.396. The van der Waals surface area contributed by atoms with Crippen LogP contribution in [0.5, 0.6) is 5.75 Å². The smallest absolute Gasteiger partial charge is 0.193 e. The monoisotopic (exact) mass is 495 g/mol. The van der Waals surface area contributed by atoms with Crippen LogP contribution >= 0.6 is 24.0 Å². The Hall–Kier alpha value is -2.03. The molecule has 0 radical (unpaired) electrons. The SMILES string of the molecule is CN=C(NCc1ccc(N2CCCC2)nc1)N(C)Cc1ccccc1OC.I. The van der Waals surface area contributed by atoms with Gasteiger partial charge in [0.25, 0.3) is 0 Å². The van der Waals surface area contributed by atoms with Crippen LogP contribution in [0.15, 0.2) is 47.6 Å². The molecule has 3 rings (SSSR count). The third-order valence-corrected chi connectivity index (χ3v) is 4.86. The number of hydrogen-bond donors (Lipinski definition) is 1. The highest BCUT2D eigenvalue weighted by molar-refractivity contribution is 14.0. The minimum atomic E-state index is 0. The van der Waals surface area contributed by atoms with Crippen molar-refractivity contribution in [2.45, 2.75) is 25.9 Å². The maximum atomic E-state index is 5.44. The summed E-state index contributed by atoms with van der Waals surface area (Å²) in [4.78, 5) is 13.4. The summed E-state index contributed by atoms with van der Waals surface area (Å²) in [6.45, 7) is 3.64. The fourth-order valence-corrected chi connectivity index (χ4v) is 3.38. The summed E-state index contributed by atoms with van der Waals surface area (Å²) in [5.41, 5.74) is 2.27. The summed E-state index contributed by atoms with van der Waals surface area (Å²) in [6.07, 6.45) is 4.48. The standard InChI is InChI=1S/C21H29N5O.HI/c1-22-21(25(2)16-18-8-4-5-9-19(18)27-3)24-15-17-10-11-20(23-14-17)26-12-6-7-13-26;/h4-5,8-11,14H,6-7,12-13,15-16H2,1-3H3,(H,22,24);1H. The van der Waals surface area contributed by atoms with Crippen molar-refractivity contribution in [3.63, 3.8) is 0 Å². The summed E-state index contributed by atoms with van der Waals surface area (Å²) < 4.78 is 5.44. The van der Waals surface area contributed by atoms with Crippen LogP contribution < -0.4 is 15.0 Å². The van der Waals surface area contributed by atoms with E-state index >= 15 is 0 Å². The molecule has 1 aliphatic heterocycles. The zero-order valence-corrected chi connectivity index (χ0v) is 19.2. The van der Waals surface area contributed by atoms with Crippen molar-refractivity contribution in [2.24, 2.45) is 4.99 Å². The number of guanidine groups is 1. The van der Waals surface area contributed by atoms with Gasteiger partial charge in [0.1, 0.15) is 11.6 Å². The number of hydrogen-bond acceptors (Lipinski definition) is 4. The van der Waals surface area contributed by atoms with Gasteiger partial charge < -0.3 is 19.9 Å². The molecule has 0 atom stereocenters. The number of ether oxygens (including phenoxy) is 1. The molecule has 1 aromatic carbocycles. The number of pyridine rings is 1. The fraction of sp³-hybridized carbons (Fsp3) is 0.429. The molecule has 1 fully saturated rings. The average Bonchev–Trinajstić information content (AvgIpc) is 3.24. The van der Waals surface area contributed by atoms with Crippen molar-refractivity contribution in [1.29, 1.82) is 0 Å². The molecule has 152 valence electrons. The molecule has 0 saturated carbocycles. The highest BCUT2D eigenvalue weighted by Crippen LogP contribution is 2.19. The number of halogens is 1. The van der Waals surface area contributed by atoms with E-state index in [1.54, 1.807) is 14.2 Å². The Balaban J connectivity index is 0.00000280. The second kappa shape index (κ2) is 11.1. The van der Waals surface area contributed by atoms with E-state index in [1.807, 2.05) is 31.4 Å². The van der Waals surface area contributed by atoms with Gasteiger partial charge in [-0.05, 0) is 30.5 Å². The molecular weight excluding hydrogens is 465 g/mol. The third kappa shape index (κ3) is 5.73. The van der Waals surface area contributed by atoms with Gasteiger partial charge in [0.05, 0.1) is 7.11 Å². The predicted molar refractivity (Wildman–Crippen MR) is 126 cm³/mol. The summed E-state index contributed by atoms with van der Waals surface area (Å²) in [5, 5.41) is 3.41. The van der Waals surface area contributed by atoms with Gasteiger partial charge in [0.15, 0.2) is 5.96 Å². The van der Waals surface area contributed by atoms with E-state index in [2.05, 4.69) is 43.3 Å². The highest BCUT2D eigenvalue weighted by Gasteiger charge is 2.13. The van der Waals surface area contributed by atoms with Crippen LogP contribution in [0.1, 0.15) is 24.0 Å². The van der Waals surface area contributed by atoms with E-state index in [9.17, 15) is 0 Å². The zero-order chi connectivity index (χ0) is 19.1. The lowest BCUT2D eigenvalue weighted by Gasteiger charge is -2.23. The normalized spacial score (nSPS) is 13.8. The number of methoxy groups -OCH3 is 1. The summed E-state index contributed by atoms with van der Waals surface area (Å²) in [5.74, 6) is 2.81. The third-order valence-electron chi connectivity index (χ3n) is 4.86. The van der Waals surface area contributed by atoms with Crippen molar-refractivity contribution in [1.82, 2.24) is 15.2 Å². The van der Waals surface area contributed by atoms with Crippen LogP contribution in [0, 0.1) is 0 Å². The molecule has 0 unspecified atom stereocenters. The first-order chi connectivity index (χ1) is 13.2. The number of rotatable bonds is 6. The number of anilines is 1. The van der Waals surface area contributed by atoms with E-state index in [0.717, 1.165) is 48.3 Å². The van der Waals surface area contributed by atoms with Crippen LogP contribution in [-0.2, 0) is 13.1 Å². The average molecular weight is 495 g/mol. The molecule has 1 aromatic heterocycles. The van der Waals surface area contributed by atoms with Crippen molar-refractivity contribution in [3.8, 4) is 5.75 Å². The lowest BCUT2D eigenvalue weighted by Crippen LogP contribution is -2.38. The Labute approximate surface area is 185 Å². The van der Waals surface area contributed by atoms with Gasteiger partial charge in [-0.25, -0.2) is 4.98 Å². The molecule has 6 nitrogen and oxygen atoms in total. The van der Waals surface area contributed by atoms with Crippen LogP contribution in [-0.4, -0.2) is 50.1 Å². The largest absolute Gasteiger partial charge is 0.496 e. The van der Waals surface area contributed by atoms with E-state index in [-0.39, 0.29) is 24.0 Å². The molecular formula is C21H30IN5O. The Morgan fingerprint density at radius 3 is 2.61 bits per heavy atom. The summed E-state index contributed by atoms with van der Waals surface area (Å²) in [7, 11) is 5.52. The summed E-state index contributed by atoms with van der Waals surface area (Å²) >= 11 is 0. The van der Waals surface area contributed by atoms with Gasteiger partial charge in [-0.15, -0.1) is 24.0 Å². The van der Waals surface area contributed by atoms with Gasteiger partial charge in [-0.2, -0.15) is 0 Å². The van der Waals surface area contributed by atoms with Crippen LogP contribution in [0.4, 0.5) is 5.82 Å². The van der Waals surface area contributed by atoms with Gasteiger partial charge in [-0.3, -0.25) is 4.99 Å². The number of nitrogens with one attached hydrogen (secondary N) is 1. The Bertz CT molecular complexity index is 760. The van der Waals surface area contributed by atoms with E-state index < -0.39 is 0 Å². The number of para-hydroxylation sites is 1. The van der Waals surface area contributed by atoms with Crippen LogP contribution in [0.3, 0.4) is 0 Å². The minimum absolute atomic E-state index is 0. The molecule has 2 heterocycles. The lowest BCUT2D eigenvalue weighted by atomic mass is 10.2. The van der Waals surface area contributed by atoms with Gasteiger partial charge in [0.2, 0.25) is 0 Å². The summed E-state index contributed by atoms with van der Waals surface area (Å²) in [6, 6.07) is 12.3. The van der Waals surface area contributed by atoms with Gasteiger partial charge in [0, 0.05) is 52.0 Å². The molecule has 2 aromatic rings. The Morgan fingerprint density at radius 1 is 1.21 bits per heavy atom. The Kier molecular flexibility index (Phi) is 8.82. The number of aliphatic imine (C=N–C) groups is 1. The van der Waals surface area contributed by atoms with Crippen molar-refractivity contribution in [2.75, 3.05) is 39.2 Å². The number of nitrogens with zero attached hydrogens (tertiary/aromatic N) is 4. The van der Waals surface area contributed by atoms with Crippen molar-refractivity contribution < 1.29 is 4.74 Å². The molecule has 0 amide bonds. The molecule has 0 aliphatic carbocycles. The highest BCUT2D eigenvalue weighted by atomic mass is 127. The topological polar surface area (TPSA) is 53.0 Å². The van der Waals surface area contributed by atoms with Gasteiger partial charge in [-0.1, -0.05) is 24.3 Å². The zero-order valence-electron chi connectivity index (χ0n) is 16.9. The second-order valence-corrected chi connectivity index (χ2v) is 6.79. The molecule has 1 saturated heterocycles.